The third-order valence-electron chi connectivity index (χ3n) is 4.66. The molecule has 2 atom stereocenters. The third-order valence-corrected chi connectivity index (χ3v) is 4.66. The zero-order chi connectivity index (χ0) is 17.0. The van der Waals surface area contributed by atoms with E-state index in [1.165, 1.54) is 5.56 Å². The first-order valence-corrected chi connectivity index (χ1v) is 8.10. The average Bonchev–Trinajstić information content (AvgIpc) is 2.52. The lowest BCUT2D eigenvalue weighted by Gasteiger charge is -2.21. The Labute approximate surface area is 138 Å². The first-order valence-electron chi connectivity index (χ1n) is 8.10. The summed E-state index contributed by atoms with van der Waals surface area (Å²) in [5.41, 5.74) is 3.86. The maximum absolute atomic E-state index is 9.64. The molecule has 0 radical (unpaired) electrons. The summed E-state index contributed by atoms with van der Waals surface area (Å²) in [6, 6.07) is 11.2. The fourth-order valence-corrected chi connectivity index (χ4v) is 2.88. The number of aliphatic hydroxyl groups excluding tert-OH is 1. The summed E-state index contributed by atoms with van der Waals surface area (Å²) in [5.74, 6) is 1.46. The van der Waals surface area contributed by atoms with Crippen LogP contribution in [0.5, 0.6) is 11.5 Å². The highest BCUT2D eigenvalue weighted by molar-refractivity contribution is 5.36. The van der Waals surface area contributed by atoms with E-state index in [4.69, 9.17) is 0 Å². The first-order chi connectivity index (χ1) is 10.9. The van der Waals surface area contributed by atoms with E-state index in [9.17, 15) is 15.3 Å². The van der Waals surface area contributed by atoms with Crippen LogP contribution >= 0.6 is 0 Å². The summed E-state index contributed by atoms with van der Waals surface area (Å²) in [6.07, 6.45) is 1.87. The zero-order valence-electron chi connectivity index (χ0n) is 14.1. The van der Waals surface area contributed by atoms with Crippen molar-refractivity contribution in [1.29, 1.82) is 0 Å². The highest BCUT2D eigenvalue weighted by atomic mass is 16.3. The average molecular weight is 314 g/mol. The van der Waals surface area contributed by atoms with E-state index >= 15 is 0 Å². The van der Waals surface area contributed by atoms with E-state index in [-0.39, 0.29) is 12.4 Å². The largest absolute Gasteiger partial charge is 0.508 e. The van der Waals surface area contributed by atoms with Gasteiger partial charge in [-0.15, -0.1) is 0 Å². The summed E-state index contributed by atoms with van der Waals surface area (Å²) in [5, 5.41) is 28.5. The molecule has 0 spiro atoms. The van der Waals surface area contributed by atoms with Gasteiger partial charge in [0.15, 0.2) is 0 Å². The van der Waals surface area contributed by atoms with Crippen molar-refractivity contribution in [3.05, 3.63) is 58.7 Å². The van der Waals surface area contributed by atoms with Gasteiger partial charge in [0, 0.05) is 5.56 Å². The third kappa shape index (κ3) is 4.49. The quantitative estimate of drug-likeness (QED) is 0.756. The Hall–Kier alpha value is -2.00. The topological polar surface area (TPSA) is 60.7 Å². The number of hydrogen-bond acceptors (Lipinski definition) is 3. The van der Waals surface area contributed by atoms with Crippen molar-refractivity contribution in [3.8, 4) is 11.5 Å². The Balaban J connectivity index is 2.01. The number of rotatable bonds is 6. The molecule has 2 aromatic carbocycles. The second kappa shape index (κ2) is 7.51. The number of phenols is 2. The lowest BCUT2D eigenvalue weighted by atomic mass is 9.85. The van der Waals surface area contributed by atoms with Gasteiger partial charge in [-0.1, -0.05) is 32.0 Å². The smallest absolute Gasteiger partial charge is 0.121 e. The van der Waals surface area contributed by atoms with E-state index < -0.39 is 0 Å². The van der Waals surface area contributed by atoms with Gasteiger partial charge < -0.3 is 15.3 Å². The molecule has 0 aliphatic heterocycles. The number of aliphatic hydroxyl groups is 1. The van der Waals surface area contributed by atoms with Crippen LogP contribution in [0, 0.1) is 18.8 Å². The van der Waals surface area contributed by atoms with E-state index in [0.717, 1.165) is 24.0 Å². The zero-order valence-corrected chi connectivity index (χ0v) is 14.1. The van der Waals surface area contributed by atoms with Crippen molar-refractivity contribution >= 4 is 0 Å². The van der Waals surface area contributed by atoms with Gasteiger partial charge >= 0.3 is 0 Å². The van der Waals surface area contributed by atoms with Crippen LogP contribution in [-0.4, -0.2) is 15.3 Å². The van der Waals surface area contributed by atoms with E-state index in [0.29, 0.717) is 23.1 Å². The van der Waals surface area contributed by atoms with Crippen LogP contribution in [0.2, 0.25) is 0 Å². The Bertz CT molecular complexity index is 664. The Morgan fingerprint density at radius 2 is 1.35 bits per heavy atom. The van der Waals surface area contributed by atoms with Crippen molar-refractivity contribution in [2.45, 2.75) is 40.2 Å². The van der Waals surface area contributed by atoms with E-state index in [1.807, 2.05) is 31.2 Å². The van der Waals surface area contributed by atoms with Gasteiger partial charge in [-0.05, 0) is 66.5 Å². The van der Waals surface area contributed by atoms with Crippen molar-refractivity contribution in [2.75, 3.05) is 0 Å². The predicted octanol–water partition coefficient (Wildman–Crippen LogP) is 3.96. The SMILES string of the molecule is Cc1cc(CC(C)C(C)Cc2ccc(O)c(CO)c2)ccc1O. The summed E-state index contributed by atoms with van der Waals surface area (Å²) < 4.78 is 0. The molecule has 124 valence electrons. The molecule has 0 heterocycles. The summed E-state index contributed by atoms with van der Waals surface area (Å²) in [4.78, 5) is 0. The maximum atomic E-state index is 9.64. The Morgan fingerprint density at radius 1 is 0.826 bits per heavy atom. The molecule has 3 N–H and O–H groups in total. The van der Waals surface area contributed by atoms with Gasteiger partial charge in [0.2, 0.25) is 0 Å². The monoisotopic (exact) mass is 314 g/mol. The number of aromatic hydroxyl groups is 2. The minimum Gasteiger partial charge on any atom is -0.508 e. The molecule has 2 rings (SSSR count). The molecule has 3 nitrogen and oxygen atoms in total. The molecule has 23 heavy (non-hydrogen) atoms. The fraction of sp³-hybridized carbons (Fsp3) is 0.400. The van der Waals surface area contributed by atoms with Crippen molar-refractivity contribution in [2.24, 2.45) is 11.8 Å². The van der Waals surface area contributed by atoms with Crippen LogP contribution in [0.4, 0.5) is 0 Å². The number of phenolic OH excluding ortho intramolecular Hbond substituents is 1. The van der Waals surface area contributed by atoms with Crippen molar-refractivity contribution in [3.63, 3.8) is 0 Å². The number of aryl methyl sites for hydroxylation is 1. The van der Waals surface area contributed by atoms with Gasteiger partial charge in [-0.2, -0.15) is 0 Å². The molecular weight excluding hydrogens is 288 g/mol. The molecule has 0 aromatic heterocycles. The van der Waals surface area contributed by atoms with Gasteiger partial charge in [-0.25, -0.2) is 0 Å². The van der Waals surface area contributed by atoms with E-state index in [2.05, 4.69) is 13.8 Å². The maximum Gasteiger partial charge on any atom is 0.121 e. The molecule has 0 saturated carbocycles. The Morgan fingerprint density at radius 3 is 1.87 bits per heavy atom. The van der Waals surface area contributed by atoms with E-state index in [1.54, 1.807) is 12.1 Å². The molecule has 0 aliphatic carbocycles. The lowest BCUT2D eigenvalue weighted by Crippen LogP contribution is -2.14. The highest BCUT2D eigenvalue weighted by Crippen LogP contribution is 2.26. The van der Waals surface area contributed by atoms with Crippen molar-refractivity contribution in [1.82, 2.24) is 0 Å². The number of hydrogen-bond donors (Lipinski definition) is 3. The minimum atomic E-state index is -0.142. The molecule has 0 fully saturated rings. The molecule has 0 saturated heterocycles. The summed E-state index contributed by atoms with van der Waals surface area (Å²) >= 11 is 0. The van der Waals surface area contributed by atoms with Gasteiger partial charge in [0.25, 0.3) is 0 Å². The van der Waals surface area contributed by atoms with Crippen LogP contribution in [-0.2, 0) is 19.4 Å². The predicted molar refractivity (Wildman–Crippen MR) is 92.6 cm³/mol. The molecule has 0 aliphatic rings. The second-order valence-corrected chi connectivity index (χ2v) is 6.60. The van der Waals surface area contributed by atoms with Gasteiger partial charge in [0.05, 0.1) is 6.61 Å². The molecule has 0 amide bonds. The summed E-state index contributed by atoms with van der Waals surface area (Å²) in [7, 11) is 0. The summed E-state index contributed by atoms with van der Waals surface area (Å²) in [6.45, 7) is 6.24. The molecule has 2 aromatic rings. The first kappa shape index (κ1) is 17.4. The highest BCUT2D eigenvalue weighted by Gasteiger charge is 2.15. The second-order valence-electron chi connectivity index (χ2n) is 6.60. The van der Waals surface area contributed by atoms with Gasteiger partial charge in [0.1, 0.15) is 11.5 Å². The standard InChI is InChI=1S/C20H26O3/c1-13(8-16-4-6-19(22)15(3)10-16)14(2)9-17-5-7-20(23)18(11-17)12-21/h4-7,10-11,13-14,21-23H,8-9,12H2,1-3H3. The molecule has 3 heteroatoms. The lowest BCUT2D eigenvalue weighted by molar-refractivity contribution is 0.275. The molecule has 0 bridgehead atoms. The Kier molecular flexibility index (Phi) is 5.67. The van der Waals surface area contributed by atoms with Crippen LogP contribution < -0.4 is 0 Å². The van der Waals surface area contributed by atoms with Crippen LogP contribution in [0.1, 0.15) is 36.1 Å². The molecule has 2 unspecified atom stereocenters. The normalized spacial score (nSPS) is 13.7. The van der Waals surface area contributed by atoms with Crippen LogP contribution in [0.25, 0.3) is 0 Å². The molecular formula is C20H26O3. The fourth-order valence-electron chi connectivity index (χ4n) is 2.88. The number of benzene rings is 2. The van der Waals surface area contributed by atoms with Crippen LogP contribution in [0.3, 0.4) is 0 Å². The minimum absolute atomic E-state index is 0.142. The van der Waals surface area contributed by atoms with Gasteiger partial charge in [-0.3, -0.25) is 0 Å². The van der Waals surface area contributed by atoms with Crippen molar-refractivity contribution < 1.29 is 15.3 Å². The van der Waals surface area contributed by atoms with Crippen LogP contribution in [0.15, 0.2) is 36.4 Å².